The minimum atomic E-state index is -4.52. The third kappa shape index (κ3) is 2.90. The maximum Gasteiger partial charge on any atom is 0.416 e. The van der Waals surface area contributed by atoms with Crippen molar-refractivity contribution in [2.45, 2.75) is 12.7 Å². The number of aromatic amines is 1. The number of fused-ring (bicyclic) bond motifs is 1. The smallest absolute Gasteiger partial charge is 0.316 e. The van der Waals surface area contributed by atoms with Gasteiger partial charge < -0.3 is 4.98 Å². The van der Waals surface area contributed by atoms with Crippen molar-refractivity contribution in [1.29, 1.82) is 0 Å². The van der Waals surface area contributed by atoms with Gasteiger partial charge in [0.05, 0.1) is 23.1 Å². The Labute approximate surface area is 127 Å². The Hall–Kier alpha value is -2.83. The second-order valence-corrected chi connectivity index (χ2v) is 5.06. The van der Waals surface area contributed by atoms with Crippen LogP contribution < -0.4 is 11.1 Å². The van der Waals surface area contributed by atoms with Gasteiger partial charge in [-0.2, -0.15) is 13.2 Å². The van der Waals surface area contributed by atoms with Crippen molar-refractivity contribution in [1.82, 2.24) is 9.55 Å². The summed E-state index contributed by atoms with van der Waals surface area (Å²) in [6.07, 6.45) is -4.52. The van der Waals surface area contributed by atoms with Crippen LogP contribution in [0.3, 0.4) is 0 Å². The van der Waals surface area contributed by atoms with Gasteiger partial charge in [0.2, 0.25) is 0 Å². The third-order valence-corrected chi connectivity index (χ3v) is 3.49. The Kier molecular flexibility index (Phi) is 3.55. The molecule has 118 valence electrons. The summed E-state index contributed by atoms with van der Waals surface area (Å²) in [4.78, 5) is 26.0. The number of halogens is 3. The Bertz CT molecular complexity index is 973. The molecule has 0 spiro atoms. The van der Waals surface area contributed by atoms with Crippen molar-refractivity contribution >= 4 is 11.0 Å². The lowest BCUT2D eigenvalue weighted by Crippen LogP contribution is -2.36. The summed E-state index contributed by atoms with van der Waals surface area (Å²) in [5.74, 6) is 0. The first-order valence-corrected chi connectivity index (χ1v) is 6.74. The lowest BCUT2D eigenvalue weighted by Gasteiger charge is -2.12. The molecule has 0 aliphatic carbocycles. The quantitative estimate of drug-likeness (QED) is 0.738. The molecule has 1 heterocycles. The van der Waals surface area contributed by atoms with Crippen LogP contribution in [0.5, 0.6) is 0 Å². The minimum Gasteiger partial charge on any atom is -0.316 e. The molecule has 0 saturated carbocycles. The highest BCUT2D eigenvalue weighted by Crippen LogP contribution is 2.30. The summed E-state index contributed by atoms with van der Waals surface area (Å²) in [5.41, 5.74) is -1.66. The van der Waals surface area contributed by atoms with Crippen LogP contribution in [0.25, 0.3) is 11.0 Å². The standard InChI is InChI=1S/C16H11F3N2O2/c17-16(18,19)11-6-7-13-12(8-11)20-14(22)15(23)21(13)9-10-4-2-1-3-5-10/h1-8H,9H2,(H,20,22). The van der Waals surface area contributed by atoms with Crippen LogP contribution in [0.2, 0.25) is 0 Å². The van der Waals surface area contributed by atoms with E-state index in [9.17, 15) is 22.8 Å². The minimum absolute atomic E-state index is 0.0274. The molecule has 0 saturated heterocycles. The molecule has 0 aliphatic heterocycles. The lowest BCUT2D eigenvalue weighted by molar-refractivity contribution is -0.137. The van der Waals surface area contributed by atoms with E-state index in [4.69, 9.17) is 0 Å². The molecular formula is C16H11F3N2O2. The Morgan fingerprint density at radius 2 is 1.70 bits per heavy atom. The molecule has 7 heteroatoms. The topological polar surface area (TPSA) is 54.9 Å². The predicted octanol–water partition coefficient (Wildman–Crippen LogP) is 2.76. The molecule has 3 aromatic rings. The maximum atomic E-state index is 12.8. The number of nitrogens with zero attached hydrogens (tertiary/aromatic N) is 1. The molecule has 3 rings (SSSR count). The van der Waals surface area contributed by atoms with E-state index in [2.05, 4.69) is 4.98 Å². The largest absolute Gasteiger partial charge is 0.416 e. The van der Waals surface area contributed by atoms with Crippen LogP contribution in [0.1, 0.15) is 11.1 Å². The summed E-state index contributed by atoms with van der Waals surface area (Å²) < 4.78 is 39.5. The van der Waals surface area contributed by atoms with E-state index in [-0.39, 0.29) is 17.6 Å². The second-order valence-electron chi connectivity index (χ2n) is 5.06. The van der Waals surface area contributed by atoms with Gasteiger partial charge in [-0.3, -0.25) is 14.2 Å². The molecule has 0 unspecified atom stereocenters. The van der Waals surface area contributed by atoms with Gasteiger partial charge >= 0.3 is 17.3 Å². The number of hydrogen-bond acceptors (Lipinski definition) is 2. The number of H-pyrrole nitrogens is 1. The van der Waals surface area contributed by atoms with Gasteiger partial charge in [0.25, 0.3) is 0 Å². The van der Waals surface area contributed by atoms with Gasteiger partial charge in [-0.05, 0) is 23.8 Å². The van der Waals surface area contributed by atoms with E-state index in [1.165, 1.54) is 10.6 Å². The van der Waals surface area contributed by atoms with Gasteiger partial charge in [0, 0.05) is 0 Å². The first kappa shape index (κ1) is 15.1. The molecule has 0 fully saturated rings. The molecule has 0 bridgehead atoms. The van der Waals surface area contributed by atoms with Crippen LogP contribution in [-0.4, -0.2) is 9.55 Å². The third-order valence-electron chi connectivity index (χ3n) is 3.49. The average Bonchev–Trinajstić information content (AvgIpc) is 2.51. The summed E-state index contributed by atoms with van der Waals surface area (Å²) in [6.45, 7) is 0.103. The van der Waals surface area contributed by atoms with Crippen molar-refractivity contribution in [3.05, 3.63) is 80.4 Å². The SMILES string of the molecule is O=c1[nH]c2cc(C(F)(F)F)ccc2n(Cc2ccccc2)c1=O. The Morgan fingerprint density at radius 3 is 2.35 bits per heavy atom. The highest BCUT2D eigenvalue weighted by atomic mass is 19.4. The molecule has 1 aromatic heterocycles. The zero-order valence-corrected chi connectivity index (χ0v) is 11.7. The molecule has 0 amide bonds. The van der Waals surface area contributed by atoms with Gasteiger partial charge in [0.1, 0.15) is 0 Å². The first-order chi connectivity index (χ1) is 10.9. The molecule has 4 nitrogen and oxygen atoms in total. The molecule has 1 N–H and O–H groups in total. The highest BCUT2D eigenvalue weighted by Gasteiger charge is 2.30. The first-order valence-electron chi connectivity index (χ1n) is 6.74. The fourth-order valence-corrected chi connectivity index (χ4v) is 2.38. The van der Waals surface area contributed by atoms with Crippen molar-refractivity contribution in [3.8, 4) is 0 Å². The zero-order valence-electron chi connectivity index (χ0n) is 11.7. The number of hydrogen-bond donors (Lipinski definition) is 1. The summed E-state index contributed by atoms with van der Waals surface area (Å²) in [6, 6.07) is 11.8. The number of rotatable bonds is 2. The monoisotopic (exact) mass is 320 g/mol. The normalized spacial score (nSPS) is 11.8. The van der Waals surface area contributed by atoms with Crippen LogP contribution in [0, 0.1) is 0 Å². The molecule has 0 radical (unpaired) electrons. The number of nitrogens with one attached hydrogen (secondary N) is 1. The van der Waals surface area contributed by atoms with Gasteiger partial charge in [-0.25, -0.2) is 0 Å². The van der Waals surface area contributed by atoms with E-state index in [0.717, 1.165) is 17.7 Å². The Morgan fingerprint density at radius 1 is 1.00 bits per heavy atom. The van der Waals surface area contributed by atoms with E-state index in [1.54, 1.807) is 30.3 Å². The second kappa shape index (κ2) is 5.42. The summed E-state index contributed by atoms with van der Waals surface area (Å²) in [7, 11) is 0. The van der Waals surface area contributed by atoms with Crippen LogP contribution in [0.15, 0.2) is 58.1 Å². The zero-order chi connectivity index (χ0) is 16.6. The highest BCUT2D eigenvalue weighted by molar-refractivity contribution is 5.75. The summed E-state index contributed by atoms with van der Waals surface area (Å²) >= 11 is 0. The number of aromatic nitrogens is 2. The fraction of sp³-hybridized carbons (Fsp3) is 0.125. The lowest BCUT2D eigenvalue weighted by atomic mass is 10.1. The predicted molar refractivity (Wildman–Crippen MR) is 79.4 cm³/mol. The molecule has 23 heavy (non-hydrogen) atoms. The van der Waals surface area contributed by atoms with Crippen LogP contribution >= 0.6 is 0 Å². The molecule has 0 aliphatic rings. The number of alkyl halides is 3. The van der Waals surface area contributed by atoms with Crippen LogP contribution in [-0.2, 0) is 12.7 Å². The van der Waals surface area contributed by atoms with Crippen molar-refractivity contribution < 1.29 is 13.2 Å². The van der Waals surface area contributed by atoms with Crippen molar-refractivity contribution in [2.24, 2.45) is 0 Å². The van der Waals surface area contributed by atoms with E-state index < -0.39 is 22.9 Å². The van der Waals surface area contributed by atoms with Gasteiger partial charge in [-0.15, -0.1) is 0 Å². The maximum absolute atomic E-state index is 12.8. The van der Waals surface area contributed by atoms with Crippen LogP contribution in [0.4, 0.5) is 13.2 Å². The molecule has 0 atom stereocenters. The molecule has 2 aromatic carbocycles. The van der Waals surface area contributed by atoms with E-state index in [0.29, 0.717) is 0 Å². The van der Waals surface area contributed by atoms with Crippen molar-refractivity contribution in [3.63, 3.8) is 0 Å². The van der Waals surface area contributed by atoms with Gasteiger partial charge in [0.15, 0.2) is 0 Å². The van der Waals surface area contributed by atoms with Gasteiger partial charge in [-0.1, -0.05) is 30.3 Å². The van der Waals surface area contributed by atoms with E-state index >= 15 is 0 Å². The van der Waals surface area contributed by atoms with Crippen molar-refractivity contribution in [2.75, 3.05) is 0 Å². The average molecular weight is 320 g/mol. The molecular weight excluding hydrogens is 309 g/mol. The number of benzene rings is 2. The fourth-order valence-electron chi connectivity index (χ4n) is 2.38. The Balaban J connectivity index is 2.22. The summed E-state index contributed by atoms with van der Waals surface area (Å²) in [5, 5.41) is 0. The van der Waals surface area contributed by atoms with E-state index in [1.807, 2.05) is 0 Å².